The second kappa shape index (κ2) is 19.6. The zero-order valence-electron chi connectivity index (χ0n) is 31.8. The summed E-state index contributed by atoms with van der Waals surface area (Å²) in [5, 5.41) is 24.9. The van der Waals surface area contributed by atoms with Gasteiger partial charge in [-0.25, -0.2) is 24.1 Å². The zero-order valence-corrected chi connectivity index (χ0v) is 34.3. The highest BCUT2D eigenvalue weighted by Gasteiger charge is 2.47. The number of hydrogen-bond acceptors (Lipinski definition) is 14. The maximum absolute atomic E-state index is 14.2. The van der Waals surface area contributed by atoms with Crippen molar-refractivity contribution in [2.45, 2.75) is 84.1 Å². The van der Waals surface area contributed by atoms with Crippen LogP contribution in [0.4, 0.5) is 5.82 Å². The Morgan fingerprint density at radius 1 is 0.982 bits per heavy atom. The Hall–Kier alpha value is -3.99. The molecule has 0 spiro atoms. The van der Waals surface area contributed by atoms with Crippen LogP contribution in [-0.4, -0.2) is 71.6 Å². The minimum absolute atomic E-state index is 0.00168. The Kier molecular flexibility index (Phi) is 15.2. The van der Waals surface area contributed by atoms with E-state index in [2.05, 4.69) is 40.8 Å². The molecule has 1 aliphatic rings. The van der Waals surface area contributed by atoms with Gasteiger partial charge in [-0.05, 0) is 41.5 Å². The van der Waals surface area contributed by atoms with Gasteiger partial charge in [0.05, 0.1) is 6.61 Å². The smallest absolute Gasteiger partial charge is 0.460 e. The van der Waals surface area contributed by atoms with E-state index < -0.39 is 58.7 Å². The van der Waals surface area contributed by atoms with E-state index in [0.29, 0.717) is 16.3 Å². The molecule has 308 valence electrons. The third kappa shape index (κ3) is 11.1. The van der Waals surface area contributed by atoms with E-state index in [1.807, 2.05) is 0 Å². The summed E-state index contributed by atoms with van der Waals surface area (Å²) in [6.07, 6.45) is -0.935. The lowest BCUT2D eigenvalue weighted by atomic mass is 10.0. The van der Waals surface area contributed by atoms with E-state index in [4.69, 9.17) is 40.2 Å². The van der Waals surface area contributed by atoms with E-state index in [-0.39, 0.29) is 34.6 Å². The number of fused-ring (bicyclic) bond motifs is 2. The van der Waals surface area contributed by atoms with E-state index >= 15 is 0 Å². The molecular weight excluding hydrogens is 802 g/mol. The van der Waals surface area contributed by atoms with Gasteiger partial charge in [0, 0.05) is 5.39 Å². The van der Waals surface area contributed by atoms with Crippen LogP contribution in [0.3, 0.4) is 0 Å². The number of carbonyl (C=O) groups is 1. The molecule has 5 aromatic rings. The molecule has 57 heavy (non-hydrogen) atoms. The average molecular weight is 849 g/mol. The number of benzene rings is 3. The number of aliphatic hydroxyl groups excluding tert-OH is 2. The van der Waals surface area contributed by atoms with Crippen molar-refractivity contribution in [3.8, 4) is 5.75 Å². The number of rotatable bonds is 16. The number of carbonyl (C=O) groups excluding carboxylic acids is 1. The summed E-state index contributed by atoms with van der Waals surface area (Å²) >= 11 is 6.26. The quantitative estimate of drug-likeness (QED) is 0.0394. The van der Waals surface area contributed by atoms with Gasteiger partial charge in [0.25, 0.3) is 0 Å². The Labute approximate surface area is 334 Å². The van der Waals surface area contributed by atoms with Gasteiger partial charge < -0.3 is 34.8 Å². The number of imidazole rings is 1. The van der Waals surface area contributed by atoms with Gasteiger partial charge in [0.15, 0.2) is 23.2 Å². The summed E-state index contributed by atoms with van der Waals surface area (Å²) < 4.78 is 55.6. The average Bonchev–Trinajstić information content (AvgIpc) is 3.68. The number of halogens is 1. The summed E-state index contributed by atoms with van der Waals surface area (Å²) in [5.41, 5.74) is 6.73. The molecule has 0 radical (unpaired) electrons. The summed E-state index contributed by atoms with van der Waals surface area (Å²) in [6.45, 7) is 7.13. The first-order chi connectivity index (χ1) is 27.2. The number of aliphatic hydroxyl groups is 2. The van der Waals surface area contributed by atoms with Crippen LogP contribution in [0.2, 0.25) is 5.28 Å². The number of esters is 1. The van der Waals surface area contributed by atoms with Gasteiger partial charge in [-0.3, -0.25) is 13.9 Å². The first kappa shape index (κ1) is 44.1. The first-order valence-corrected chi connectivity index (χ1v) is 21.7. The number of nitrogens with two attached hydrogens (primary N) is 1. The highest BCUT2D eigenvalue weighted by Crippen LogP contribution is 2.61. The Balaban J connectivity index is 0.000000811. The predicted molar refractivity (Wildman–Crippen MR) is 213 cm³/mol. The van der Waals surface area contributed by atoms with E-state index in [1.54, 1.807) is 66.7 Å². The standard InChI is InChI=1S/C30H31ClN6O11P2.C7H16/c1-17(29(40)44-14-18-8-3-2-4-9-18)36-49(41,47-21-13-7-11-19-10-5-6-12-20(19)21)48-50(42,43)45-15-22-24(38)25(39)28(46-22)37-27-23(35-30(37)31)26(32)33-16-34-27;1-4-7(5-2)6-3/h2-13,16-17,22,24-25,28,38-39H,14-15H2,1H3,(H,36,41)(H,42,43)(H2,32,33,34);7H,4-6H2,1-3H3/t17-,22+,24?,25-,28+,49?;/m0./s1. The van der Waals surface area contributed by atoms with Crippen LogP contribution in [0.15, 0.2) is 79.1 Å². The number of nitrogens with one attached hydrogen (secondary N) is 1. The number of ether oxygens (including phenoxy) is 2. The fraction of sp³-hybridized carbons (Fsp3) is 0.405. The first-order valence-electron chi connectivity index (χ1n) is 18.3. The van der Waals surface area contributed by atoms with Crippen molar-refractivity contribution in [3.05, 3.63) is 90.0 Å². The molecule has 1 fully saturated rings. The van der Waals surface area contributed by atoms with Gasteiger partial charge in [-0.15, -0.1) is 0 Å². The molecule has 7 atom stereocenters. The summed E-state index contributed by atoms with van der Waals surface area (Å²) in [5.74, 6) is 0.121. The molecule has 3 unspecified atom stereocenters. The van der Waals surface area contributed by atoms with Crippen molar-refractivity contribution in [2.75, 3.05) is 12.3 Å². The maximum atomic E-state index is 14.2. The predicted octanol–water partition coefficient (Wildman–Crippen LogP) is 6.71. The highest BCUT2D eigenvalue weighted by molar-refractivity contribution is 7.63. The maximum Gasteiger partial charge on any atom is 0.481 e. The van der Waals surface area contributed by atoms with Crippen molar-refractivity contribution in [1.29, 1.82) is 0 Å². The van der Waals surface area contributed by atoms with Crippen LogP contribution in [-0.2, 0) is 38.8 Å². The fourth-order valence-corrected chi connectivity index (χ4v) is 9.26. The lowest BCUT2D eigenvalue weighted by Gasteiger charge is -2.25. The second-order valence-electron chi connectivity index (χ2n) is 13.2. The fourth-order valence-electron chi connectivity index (χ4n) is 6.01. The molecule has 3 heterocycles. The third-order valence-electron chi connectivity index (χ3n) is 9.30. The summed E-state index contributed by atoms with van der Waals surface area (Å²) in [6, 6.07) is 19.2. The van der Waals surface area contributed by atoms with Gasteiger partial charge >= 0.3 is 21.5 Å². The molecule has 6 rings (SSSR count). The number of phosphoric ester groups is 1. The van der Waals surface area contributed by atoms with Crippen LogP contribution in [0.1, 0.15) is 58.7 Å². The van der Waals surface area contributed by atoms with Crippen LogP contribution in [0, 0.1) is 5.92 Å². The number of hydrogen-bond donors (Lipinski definition) is 5. The van der Waals surface area contributed by atoms with Crippen LogP contribution < -0.4 is 15.3 Å². The lowest BCUT2D eigenvalue weighted by Crippen LogP contribution is -2.35. The molecule has 17 nitrogen and oxygen atoms in total. The Morgan fingerprint density at radius 2 is 1.65 bits per heavy atom. The van der Waals surface area contributed by atoms with E-state index in [9.17, 15) is 29.0 Å². The molecule has 0 aliphatic carbocycles. The van der Waals surface area contributed by atoms with Crippen molar-refractivity contribution in [1.82, 2.24) is 24.6 Å². The lowest BCUT2D eigenvalue weighted by molar-refractivity contribution is -0.146. The molecule has 0 amide bonds. The zero-order chi connectivity index (χ0) is 41.3. The minimum atomic E-state index is -5.35. The molecule has 6 N–H and O–H groups in total. The van der Waals surface area contributed by atoms with Crippen molar-refractivity contribution >= 4 is 60.9 Å². The largest absolute Gasteiger partial charge is 0.481 e. The van der Waals surface area contributed by atoms with Gasteiger partial charge in [0.1, 0.15) is 43.0 Å². The second-order valence-corrected chi connectivity index (χ2v) is 16.8. The highest BCUT2D eigenvalue weighted by atomic mass is 35.5. The van der Waals surface area contributed by atoms with Crippen LogP contribution in [0.5, 0.6) is 5.75 Å². The van der Waals surface area contributed by atoms with E-state index in [0.717, 1.165) is 16.8 Å². The van der Waals surface area contributed by atoms with Crippen molar-refractivity contribution < 1.29 is 51.9 Å². The van der Waals surface area contributed by atoms with Crippen LogP contribution >= 0.6 is 27.2 Å². The molecular formula is C37H47ClN6O11P2. The normalized spacial score (nSPS) is 20.7. The van der Waals surface area contributed by atoms with E-state index in [1.165, 1.54) is 32.3 Å². The topological polar surface area (TPSA) is 240 Å². The number of nitrogens with zero attached hydrogens (tertiary/aromatic N) is 4. The number of aromatic nitrogens is 4. The van der Waals surface area contributed by atoms with Gasteiger partial charge in [-0.1, -0.05) is 107 Å². The molecule has 0 bridgehead atoms. The van der Waals surface area contributed by atoms with Gasteiger partial charge in [-0.2, -0.15) is 9.40 Å². The Morgan fingerprint density at radius 3 is 2.33 bits per heavy atom. The Bertz CT molecular complexity index is 2200. The molecule has 3 aromatic carbocycles. The van der Waals surface area contributed by atoms with Crippen molar-refractivity contribution in [3.63, 3.8) is 0 Å². The number of nitrogen functional groups attached to an aromatic ring is 1. The molecule has 1 saturated heterocycles. The number of anilines is 1. The SMILES string of the molecule is CCC(CC)CC.C[C@H](NP(=O)(Oc1cccc2ccccc12)OP(=O)(O)OC[C@H]1O[C@@H](n2c(Cl)nc3c(N)ncnc32)[C@@H](O)C1O)C(=O)OCc1ccccc1. The molecule has 2 aromatic heterocycles. The molecule has 1 aliphatic heterocycles. The van der Waals surface area contributed by atoms with Crippen molar-refractivity contribution in [2.24, 2.45) is 5.92 Å². The monoisotopic (exact) mass is 848 g/mol. The summed E-state index contributed by atoms with van der Waals surface area (Å²) in [7, 11) is -10.3. The molecule has 20 heteroatoms. The number of phosphoric acid groups is 1. The third-order valence-corrected chi connectivity index (χ3v) is 12.9. The van der Waals surface area contributed by atoms with Gasteiger partial charge in [0.2, 0.25) is 5.28 Å². The minimum Gasteiger partial charge on any atom is -0.460 e. The molecule has 0 saturated carbocycles. The van der Waals surface area contributed by atoms with Crippen LogP contribution in [0.25, 0.3) is 21.9 Å². The summed E-state index contributed by atoms with van der Waals surface area (Å²) in [4.78, 5) is 35.6.